The van der Waals surface area contributed by atoms with Gasteiger partial charge in [-0.25, -0.2) is 9.78 Å². The van der Waals surface area contributed by atoms with Gasteiger partial charge in [-0.05, 0) is 12.1 Å². The van der Waals surface area contributed by atoms with Crippen LogP contribution in [0.5, 0.6) is 0 Å². The van der Waals surface area contributed by atoms with Gasteiger partial charge < -0.3 is 15.4 Å². The van der Waals surface area contributed by atoms with Crippen molar-refractivity contribution >= 4 is 28.6 Å². The van der Waals surface area contributed by atoms with Crippen LogP contribution in [-0.2, 0) is 17.7 Å². The largest absolute Gasteiger partial charge is 0.464 e. The summed E-state index contributed by atoms with van der Waals surface area (Å²) in [6.45, 7) is 1.12. The van der Waals surface area contributed by atoms with Crippen LogP contribution in [-0.4, -0.2) is 40.7 Å². The van der Waals surface area contributed by atoms with E-state index in [0.717, 1.165) is 16.6 Å². The monoisotopic (exact) mass is 351 g/mol. The molecule has 8 nitrogen and oxygen atoms in total. The van der Waals surface area contributed by atoms with Crippen LogP contribution < -0.4 is 10.6 Å². The van der Waals surface area contributed by atoms with Crippen molar-refractivity contribution in [1.82, 2.24) is 15.2 Å². The molecular formula is C18H17N5O3. The van der Waals surface area contributed by atoms with E-state index in [9.17, 15) is 9.59 Å². The van der Waals surface area contributed by atoms with Crippen molar-refractivity contribution in [2.75, 3.05) is 18.6 Å². The second kappa shape index (κ2) is 6.14. The average Bonchev–Trinajstić information content (AvgIpc) is 3.09. The van der Waals surface area contributed by atoms with E-state index >= 15 is 0 Å². The van der Waals surface area contributed by atoms with Gasteiger partial charge in [0, 0.05) is 36.2 Å². The molecule has 2 aromatic heterocycles. The van der Waals surface area contributed by atoms with Gasteiger partial charge in [-0.1, -0.05) is 18.2 Å². The number of H-pyrrole nitrogens is 1. The number of benzene rings is 1. The van der Waals surface area contributed by atoms with Crippen molar-refractivity contribution in [1.29, 1.82) is 0 Å². The smallest absolute Gasteiger partial charge is 0.358 e. The topological polar surface area (TPSA) is 114 Å². The molecule has 0 unspecified atom stereocenters. The number of pyridine rings is 1. The van der Waals surface area contributed by atoms with Crippen LogP contribution in [0.4, 0.5) is 5.82 Å². The third-order valence-corrected chi connectivity index (χ3v) is 4.60. The van der Waals surface area contributed by atoms with Gasteiger partial charge in [0.2, 0.25) is 5.91 Å². The standard InChI is InChI=1S/C18H17N5O3/c1-26-18(25)16-12-9-23(7-6-14(12)21-22-16)15-8-11(17(19)24)10-4-2-3-5-13(10)20-15/h2-5,8H,6-7,9H2,1H3,(H2,19,24)(H,21,22). The molecule has 0 saturated carbocycles. The number of ether oxygens (including phenoxy) is 1. The van der Waals surface area contributed by atoms with Crippen molar-refractivity contribution in [3.8, 4) is 0 Å². The fourth-order valence-corrected chi connectivity index (χ4v) is 3.28. The molecule has 0 fully saturated rings. The van der Waals surface area contributed by atoms with Gasteiger partial charge in [-0.15, -0.1) is 0 Å². The molecule has 3 heterocycles. The highest BCUT2D eigenvalue weighted by Gasteiger charge is 2.27. The lowest BCUT2D eigenvalue weighted by Gasteiger charge is -2.28. The summed E-state index contributed by atoms with van der Waals surface area (Å²) in [5, 5.41) is 7.69. The highest BCUT2D eigenvalue weighted by atomic mass is 16.5. The molecule has 0 atom stereocenters. The summed E-state index contributed by atoms with van der Waals surface area (Å²) in [7, 11) is 1.33. The van der Waals surface area contributed by atoms with Crippen molar-refractivity contribution in [3.63, 3.8) is 0 Å². The molecule has 132 valence electrons. The van der Waals surface area contributed by atoms with E-state index in [1.807, 2.05) is 29.2 Å². The van der Waals surface area contributed by atoms with Crippen LogP contribution in [0.15, 0.2) is 30.3 Å². The molecule has 4 rings (SSSR count). The first-order valence-electron chi connectivity index (χ1n) is 8.17. The van der Waals surface area contributed by atoms with Crippen molar-refractivity contribution < 1.29 is 14.3 Å². The van der Waals surface area contributed by atoms with Crippen LogP contribution in [0.25, 0.3) is 10.9 Å². The Morgan fingerprint density at radius 1 is 1.31 bits per heavy atom. The fourth-order valence-electron chi connectivity index (χ4n) is 3.28. The number of hydrogen-bond donors (Lipinski definition) is 2. The summed E-state index contributed by atoms with van der Waals surface area (Å²) in [6, 6.07) is 9.08. The summed E-state index contributed by atoms with van der Waals surface area (Å²) in [6.07, 6.45) is 0.680. The lowest BCUT2D eigenvalue weighted by molar-refractivity contribution is 0.0592. The van der Waals surface area contributed by atoms with Crippen LogP contribution in [0, 0.1) is 0 Å². The van der Waals surface area contributed by atoms with Gasteiger partial charge in [0.1, 0.15) is 5.82 Å². The maximum atomic E-state index is 11.9. The number of nitrogens with zero attached hydrogens (tertiary/aromatic N) is 3. The van der Waals surface area contributed by atoms with Crippen LogP contribution >= 0.6 is 0 Å². The molecule has 1 aliphatic heterocycles. The second-order valence-electron chi connectivity index (χ2n) is 6.10. The summed E-state index contributed by atoms with van der Waals surface area (Å²) in [4.78, 5) is 30.5. The Bertz CT molecular complexity index is 1030. The number of primary amides is 1. The molecule has 0 radical (unpaired) electrons. The Labute approximate surface area is 149 Å². The van der Waals surface area contributed by atoms with Gasteiger partial charge in [0.25, 0.3) is 0 Å². The Morgan fingerprint density at radius 3 is 2.88 bits per heavy atom. The predicted octanol–water partition coefficient (Wildman–Crippen LogP) is 1.41. The number of rotatable bonds is 3. The van der Waals surface area contributed by atoms with Gasteiger partial charge >= 0.3 is 5.97 Å². The molecule has 1 aliphatic rings. The molecule has 3 aromatic rings. The van der Waals surface area contributed by atoms with Gasteiger partial charge in [0.15, 0.2) is 5.69 Å². The van der Waals surface area contributed by atoms with Gasteiger partial charge in [-0.3, -0.25) is 9.89 Å². The number of aromatic amines is 1. The van der Waals surface area contributed by atoms with Gasteiger partial charge in [0.05, 0.1) is 18.2 Å². The molecule has 8 heteroatoms. The molecule has 0 spiro atoms. The van der Waals surface area contributed by atoms with Crippen molar-refractivity contribution in [2.45, 2.75) is 13.0 Å². The zero-order valence-corrected chi connectivity index (χ0v) is 14.2. The van der Waals surface area contributed by atoms with E-state index in [1.54, 1.807) is 6.07 Å². The third-order valence-electron chi connectivity index (χ3n) is 4.60. The van der Waals surface area contributed by atoms with Crippen molar-refractivity contribution in [2.24, 2.45) is 5.73 Å². The SMILES string of the molecule is COC(=O)c1n[nH]c2c1CN(c1cc(C(N)=O)c3ccccc3n1)CC2. The average molecular weight is 351 g/mol. The lowest BCUT2D eigenvalue weighted by Crippen LogP contribution is -2.32. The number of hydrogen-bond acceptors (Lipinski definition) is 6. The molecule has 0 aliphatic carbocycles. The Morgan fingerprint density at radius 2 is 2.12 bits per heavy atom. The highest BCUT2D eigenvalue weighted by Crippen LogP contribution is 2.28. The minimum atomic E-state index is -0.499. The number of carbonyl (C=O) groups excluding carboxylic acids is 2. The number of amides is 1. The van der Waals surface area contributed by atoms with E-state index in [-0.39, 0.29) is 5.69 Å². The molecule has 1 amide bonds. The number of nitrogens with one attached hydrogen (secondary N) is 1. The zero-order valence-electron chi connectivity index (χ0n) is 14.2. The third kappa shape index (κ3) is 2.55. The zero-order chi connectivity index (χ0) is 18.3. The number of fused-ring (bicyclic) bond motifs is 2. The fraction of sp³-hybridized carbons (Fsp3) is 0.222. The summed E-state index contributed by atoms with van der Waals surface area (Å²) in [5.41, 5.74) is 8.67. The number of aromatic nitrogens is 3. The molecule has 3 N–H and O–H groups in total. The first-order chi connectivity index (χ1) is 12.6. The quantitative estimate of drug-likeness (QED) is 0.690. The van der Waals surface area contributed by atoms with E-state index in [0.29, 0.717) is 36.4 Å². The maximum Gasteiger partial charge on any atom is 0.358 e. The van der Waals surface area contributed by atoms with E-state index in [2.05, 4.69) is 15.2 Å². The normalized spacial score (nSPS) is 13.5. The highest BCUT2D eigenvalue weighted by molar-refractivity contribution is 6.06. The minimum Gasteiger partial charge on any atom is -0.464 e. The minimum absolute atomic E-state index is 0.281. The molecule has 26 heavy (non-hydrogen) atoms. The van der Waals surface area contributed by atoms with E-state index < -0.39 is 11.9 Å². The number of esters is 1. The summed E-state index contributed by atoms with van der Waals surface area (Å²) >= 11 is 0. The van der Waals surface area contributed by atoms with Crippen molar-refractivity contribution in [3.05, 3.63) is 52.8 Å². The summed E-state index contributed by atoms with van der Waals surface area (Å²) in [5.74, 6) is -0.338. The molecule has 0 saturated heterocycles. The van der Waals surface area contributed by atoms with Crippen LogP contribution in [0.1, 0.15) is 32.1 Å². The predicted molar refractivity (Wildman–Crippen MR) is 94.9 cm³/mol. The summed E-state index contributed by atoms with van der Waals surface area (Å²) < 4.78 is 4.79. The van der Waals surface area contributed by atoms with Crippen LogP contribution in [0.2, 0.25) is 0 Å². The van der Waals surface area contributed by atoms with E-state index in [1.165, 1.54) is 7.11 Å². The number of carbonyl (C=O) groups is 2. The first-order valence-corrected chi connectivity index (χ1v) is 8.17. The number of anilines is 1. The Kier molecular flexibility index (Phi) is 3.80. The van der Waals surface area contributed by atoms with Gasteiger partial charge in [-0.2, -0.15) is 5.10 Å². The molecule has 1 aromatic carbocycles. The molecule has 0 bridgehead atoms. The Hall–Kier alpha value is -3.42. The number of nitrogens with two attached hydrogens (primary N) is 1. The molecular weight excluding hydrogens is 334 g/mol. The van der Waals surface area contributed by atoms with E-state index in [4.69, 9.17) is 10.5 Å². The number of para-hydroxylation sites is 1. The second-order valence-corrected chi connectivity index (χ2v) is 6.10. The van der Waals surface area contributed by atoms with Crippen LogP contribution in [0.3, 0.4) is 0 Å². The number of methoxy groups -OCH3 is 1. The lowest BCUT2D eigenvalue weighted by atomic mass is 10.0. The first kappa shape index (κ1) is 16.1. The Balaban J connectivity index is 1.76. The maximum absolute atomic E-state index is 11.9.